The quantitative estimate of drug-likeness (QED) is 0.150. The van der Waals surface area contributed by atoms with Gasteiger partial charge in [0.15, 0.2) is 0 Å². The lowest BCUT2D eigenvalue weighted by atomic mass is 9.66. The van der Waals surface area contributed by atoms with Crippen molar-refractivity contribution in [2.75, 3.05) is 14.7 Å². The Bertz CT molecular complexity index is 4430. The molecule has 0 saturated carbocycles. The third-order valence-corrected chi connectivity index (χ3v) is 20.6. The van der Waals surface area contributed by atoms with Crippen LogP contribution < -0.4 is 14.7 Å². The number of aryl methyl sites for hydroxylation is 4. The van der Waals surface area contributed by atoms with Crippen LogP contribution in [0.4, 0.5) is 45.5 Å². The zero-order valence-electron chi connectivity index (χ0n) is 51.7. The van der Waals surface area contributed by atoms with E-state index in [2.05, 4.69) is 298 Å². The van der Waals surface area contributed by atoms with Crippen molar-refractivity contribution in [1.29, 1.82) is 0 Å². The summed E-state index contributed by atoms with van der Waals surface area (Å²) in [6.45, 7) is 28.4. The fraction of sp³-hybridized carbons (Fsp3) is 0.244. The minimum absolute atomic E-state index is 0.0191. The molecule has 0 N–H and O–H groups in total. The highest BCUT2D eigenvalue weighted by Crippen LogP contribution is 2.62. The highest BCUT2D eigenvalue weighted by molar-refractivity contribution is 5.97. The molecule has 6 aliphatic rings. The van der Waals surface area contributed by atoms with Gasteiger partial charge in [0, 0.05) is 55.8 Å². The zero-order valence-corrected chi connectivity index (χ0v) is 51.7. The summed E-state index contributed by atoms with van der Waals surface area (Å²) >= 11 is 0. The van der Waals surface area contributed by atoms with Gasteiger partial charge in [-0.3, -0.25) is 0 Å². The van der Waals surface area contributed by atoms with Gasteiger partial charge >= 0.3 is 0 Å². The van der Waals surface area contributed by atoms with E-state index in [1.807, 2.05) is 0 Å². The Balaban J connectivity index is 0.860. The lowest BCUT2D eigenvalue weighted by molar-refractivity contribution is 0.597. The molecular formula is C82H77N3. The first-order chi connectivity index (χ1) is 40.8. The van der Waals surface area contributed by atoms with E-state index in [4.69, 9.17) is 0 Å². The summed E-state index contributed by atoms with van der Waals surface area (Å²) in [5.74, 6) is 0. The summed E-state index contributed by atoms with van der Waals surface area (Å²) in [5.41, 5.74) is 37.5. The van der Waals surface area contributed by atoms with Gasteiger partial charge in [-0.25, -0.2) is 0 Å². The van der Waals surface area contributed by atoms with Crippen LogP contribution in [0.3, 0.4) is 0 Å². The molecule has 3 nitrogen and oxygen atoms in total. The highest BCUT2D eigenvalue weighted by Gasteiger charge is 2.47. The number of allylic oxidation sites excluding steroid dienone is 8. The first-order valence-corrected chi connectivity index (χ1v) is 31.1. The maximum absolute atomic E-state index is 2.62. The van der Waals surface area contributed by atoms with Crippen molar-refractivity contribution in [2.45, 2.75) is 130 Å². The van der Waals surface area contributed by atoms with Crippen molar-refractivity contribution in [3.63, 3.8) is 0 Å². The molecule has 0 unspecified atom stereocenters. The van der Waals surface area contributed by atoms with Gasteiger partial charge in [-0.2, -0.15) is 0 Å². The van der Waals surface area contributed by atoms with Gasteiger partial charge < -0.3 is 14.7 Å². The number of anilines is 8. The first-order valence-electron chi connectivity index (χ1n) is 31.1. The normalized spacial score (nSPS) is 17.5. The number of rotatable bonds is 8. The van der Waals surface area contributed by atoms with Crippen LogP contribution in [0.1, 0.15) is 159 Å². The molecule has 0 amide bonds. The second kappa shape index (κ2) is 18.9. The molecule has 15 rings (SSSR count). The monoisotopic (exact) mass is 1100 g/mol. The summed E-state index contributed by atoms with van der Waals surface area (Å²) in [4.78, 5) is 7.72. The molecule has 0 aromatic heterocycles. The van der Waals surface area contributed by atoms with Crippen molar-refractivity contribution in [2.24, 2.45) is 0 Å². The van der Waals surface area contributed by atoms with E-state index in [1.165, 1.54) is 157 Å². The van der Waals surface area contributed by atoms with Crippen LogP contribution >= 0.6 is 0 Å². The molecule has 3 heteroatoms. The molecule has 0 atom stereocenters. The fourth-order valence-electron chi connectivity index (χ4n) is 16.3. The number of nitrogens with zero attached hydrogens (tertiary/aromatic N) is 3. The van der Waals surface area contributed by atoms with Gasteiger partial charge in [0.25, 0.3) is 0 Å². The molecule has 85 heavy (non-hydrogen) atoms. The highest BCUT2D eigenvalue weighted by atomic mass is 15.2. The largest absolute Gasteiger partial charge is 0.314 e. The predicted octanol–water partition coefficient (Wildman–Crippen LogP) is 22.3. The Morgan fingerprint density at radius 2 is 0.847 bits per heavy atom. The Hall–Kier alpha value is -8.66. The second-order valence-corrected chi connectivity index (χ2v) is 27.6. The summed E-state index contributed by atoms with van der Waals surface area (Å²) < 4.78 is 0. The van der Waals surface area contributed by atoms with Crippen LogP contribution in [0, 0.1) is 27.7 Å². The molecule has 9 aromatic carbocycles. The fourth-order valence-corrected chi connectivity index (χ4v) is 16.3. The van der Waals surface area contributed by atoms with Crippen LogP contribution in [-0.2, 0) is 21.7 Å². The Morgan fingerprint density at radius 3 is 1.51 bits per heavy atom. The van der Waals surface area contributed by atoms with E-state index >= 15 is 0 Å². The summed E-state index contributed by atoms with van der Waals surface area (Å²) in [7, 11) is 0. The standard InChI is InChI=1S/C82H77N3/c1-50-39-51(2)42-61(41-50)83(58-31-25-54(26-32-58)56-29-36-66-64-19-13-15-21-68(64)79(5,6)71(66)45-56)60-35-38-77-73(47-60)82(11,12)75-49-63(48-74-78(75)85(77)76-24-18-17-23-70(76)81(74,9)10)84(62-43-52(3)40-53(4)44-62)59-33-27-55(28-34-59)57-30-37-67-65-20-14-16-22-69(65)80(7,8)72(67)46-57/h13-25,27-29,31,33-36,38-49H,26,30,32,37H2,1-12H3. The maximum Gasteiger partial charge on any atom is 0.0545 e. The van der Waals surface area contributed by atoms with Crippen molar-refractivity contribution in [3.8, 4) is 11.1 Å². The van der Waals surface area contributed by atoms with Crippen LogP contribution in [0.5, 0.6) is 0 Å². The molecule has 420 valence electrons. The maximum atomic E-state index is 2.62. The Morgan fingerprint density at radius 1 is 0.341 bits per heavy atom. The van der Waals surface area contributed by atoms with E-state index < -0.39 is 5.41 Å². The summed E-state index contributed by atoms with van der Waals surface area (Å²) in [6.07, 6.45) is 11.3. The first kappa shape index (κ1) is 53.1. The second-order valence-electron chi connectivity index (χ2n) is 27.6. The lowest BCUT2D eigenvalue weighted by Crippen LogP contribution is -2.38. The SMILES string of the molecule is Cc1cc(C)cc(N(C2=CC=C(c3ccc4c(c3)C(C)(C)c3ccccc3-4)CC2)c2ccc3c(c2)C(C)(C)c2cc(N(c4ccc(C5=CC6=C(CC5)c5ccccc5C6(C)C)cc4)c4cc(C)cc(C)c4)cc4c2N3c2ccccc2C4(C)C)c1. The molecule has 2 aliphatic heterocycles. The Labute approximate surface area is 505 Å². The lowest BCUT2D eigenvalue weighted by Gasteiger charge is -2.50. The van der Waals surface area contributed by atoms with Gasteiger partial charge in [-0.1, -0.05) is 171 Å². The molecule has 0 bridgehead atoms. The molecule has 0 fully saturated rings. The number of fused-ring (bicyclic) bond motifs is 9. The van der Waals surface area contributed by atoms with Crippen molar-refractivity contribution < 1.29 is 0 Å². The van der Waals surface area contributed by atoms with Gasteiger partial charge in [-0.15, -0.1) is 0 Å². The third-order valence-electron chi connectivity index (χ3n) is 20.6. The van der Waals surface area contributed by atoms with E-state index in [-0.39, 0.29) is 16.2 Å². The molecular weight excluding hydrogens is 1030 g/mol. The average molecular weight is 1100 g/mol. The Kier molecular flexibility index (Phi) is 11.8. The van der Waals surface area contributed by atoms with Gasteiger partial charge in [0.05, 0.1) is 17.1 Å². The molecule has 2 heterocycles. The molecule has 9 aromatic rings. The van der Waals surface area contributed by atoms with E-state index in [9.17, 15) is 0 Å². The third kappa shape index (κ3) is 8.12. The number of hydrogen-bond acceptors (Lipinski definition) is 3. The number of para-hydroxylation sites is 1. The predicted molar refractivity (Wildman–Crippen MR) is 360 cm³/mol. The van der Waals surface area contributed by atoms with Crippen LogP contribution in [0.25, 0.3) is 27.8 Å². The summed E-state index contributed by atoms with van der Waals surface area (Å²) in [6, 6.07) is 70.5. The minimum Gasteiger partial charge on any atom is -0.314 e. The van der Waals surface area contributed by atoms with Crippen LogP contribution in [0.15, 0.2) is 211 Å². The number of benzene rings is 9. The molecule has 0 spiro atoms. The van der Waals surface area contributed by atoms with Gasteiger partial charge in [0.1, 0.15) is 0 Å². The van der Waals surface area contributed by atoms with Crippen LogP contribution in [0.2, 0.25) is 0 Å². The van der Waals surface area contributed by atoms with Gasteiger partial charge in [0.2, 0.25) is 0 Å². The van der Waals surface area contributed by atoms with E-state index in [0.717, 1.165) is 31.4 Å². The van der Waals surface area contributed by atoms with Gasteiger partial charge in [-0.05, 0) is 250 Å². The number of hydrogen-bond donors (Lipinski definition) is 0. The van der Waals surface area contributed by atoms with Crippen molar-refractivity contribution >= 4 is 62.2 Å². The molecule has 4 aliphatic carbocycles. The smallest absolute Gasteiger partial charge is 0.0545 e. The molecule has 0 saturated heterocycles. The van der Waals surface area contributed by atoms with Crippen molar-refractivity contribution in [1.82, 2.24) is 0 Å². The van der Waals surface area contributed by atoms with E-state index in [0.29, 0.717) is 0 Å². The molecule has 0 radical (unpaired) electrons. The minimum atomic E-state index is -0.403. The average Bonchev–Trinajstić information content (AvgIpc) is 1.53. The van der Waals surface area contributed by atoms with Crippen LogP contribution in [-0.4, -0.2) is 0 Å². The zero-order chi connectivity index (χ0) is 58.6. The summed E-state index contributed by atoms with van der Waals surface area (Å²) in [5, 5.41) is 0. The van der Waals surface area contributed by atoms with Crippen molar-refractivity contribution in [3.05, 3.63) is 289 Å². The van der Waals surface area contributed by atoms with E-state index in [1.54, 1.807) is 0 Å². The topological polar surface area (TPSA) is 9.72 Å².